The molecule has 0 spiro atoms. The molecule has 2 aromatic carbocycles. The van der Waals surface area contributed by atoms with E-state index in [9.17, 15) is 20.0 Å². The monoisotopic (exact) mass is 438 g/mol. The normalized spacial score (nSPS) is 18.0. The van der Waals surface area contributed by atoms with Crippen molar-refractivity contribution in [1.82, 2.24) is 0 Å². The predicted molar refractivity (Wildman–Crippen MR) is 117 cm³/mol. The molecule has 1 aliphatic heterocycles. The summed E-state index contributed by atoms with van der Waals surface area (Å²) in [6, 6.07) is 12.4. The molecule has 0 radical (unpaired) electrons. The number of para-hydroxylation sites is 1. The molecule has 0 fully saturated rings. The molecule has 168 valence electrons. The number of anilines is 1. The van der Waals surface area contributed by atoms with E-state index in [1.165, 1.54) is 14.2 Å². The van der Waals surface area contributed by atoms with Crippen molar-refractivity contribution in [3.05, 3.63) is 53.1 Å². The number of hydrogen-bond acceptors (Lipinski definition) is 6. The molecular weight excluding hydrogens is 412 g/mol. The molecule has 0 saturated heterocycles. The Morgan fingerprint density at radius 1 is 1.22 bits per heavy atom. The van der Waals surface area contributed by atoms with Gasteiger partial charge in [0.25, 0.3) is 5.91 Å². The van der Waals surface area contributed by atoms with Crippen molar-refractivity contribution in [2.45, 2.75) is 32.5 Å². The predicted octanol–water partition coefficient (Wildman–Crippen LogP) is 3.53. The molecule has 1 aliphatic rings. The van der Waals surface area contributed by atoms with E-state index >= 15 is 0 Å². The number of hydrogen-bond donors (Lipinski definition) is 1. The highest BCUT2D eigenvalue weighted by Gasteiger charge is 2.39. The van der Waals surface area contributed by atoms with Crippen LogP contribution in [-0.2, 0) is 14.3 Å². The largest absolute Gasteiger partial charge is 0.493 e. The van der Waals surface area contributed by atoms with E-state index in [1.807, 2.05) is 13.8 Å². The number of aliphatic carboxylic acids is 1. The molecule has 8 heteroatoms. The summed E-state index contributed by atoms with van der Waals surface area (Å²) >= 11 is 0. The Labute approximate surface area is 186 Å². The van der Waals surface area contributed by atoms with Gasteiger partial charge in [0.15, 0.2) is 11.5 Å². The fourth-order valence-electron chi connectivity index (χ4n) is 3.87. The molecule has 2 atom stereocenters. The van der Waals surface area contributed by atoms with Gasteiger partial charge in [-0.3, -0.25) is 9.59 Å². The summed E-state index contributed by atoms with van der Waals surface area (Å²) in [6.45, 7) is 4.31. The van der Waals surface area contributed by atoms with Gasteiger partial charge in [0.2, 0.25) is 0 Å². The maximum Gasteiger partial charge on any atom is 0.306 e. The molecule has 1 heterocycles. The van der Waals surface area contributed by atoms with Crippen molar-refractivity contribution in [3.63, 3.8) is 0 Å². The standard InChI is InChI=1S/C24H26N2O6/c1-14(2)13-26-18-9-8-15(12-25)10-17(18)22(32-20(24(26)29)11-21(27)28)16-6-5-7-19(30-3)23(16)31-4/h5-10,14,20,22H,11,13H2,1-4H3,(H,27,28)/t20-,22-/m1/s1. The number of ether oxygens (including phenoxy) is 3. The summed E-state index contributed by atoms with van der Waals surface area (Å²) in [7, 11) is 3.01. The van der Waals surface area contributed by atoms with Crippen molar-refractivity contribution in [3.8, 4) is 17.6 Å². The second kappa shape index (κ2) is 9.71. The van der Waals surface area contributed by atoms with Crippen LogP contribution in [0.1, 0.15) is 43.1 Å². The number of nitrogens with zero attached hydrogens (tertiary/aromatic N) is 2. The molecule has 2 aromatic rings. The smallest absolute Gasteiger partial charge is 0.306 e. The first-order valence-electron chi connectivity index (χ1n) is 10.2. The van der Waals surface area contributed by atoms with Crippen LogP contribution in [0.15, 0.2) is 36.4 Å². The summed E-state index contributed by atoms with van der Waals surface area (Å²) in [5.74, 6) is -0.580. The van der Waals surface area contributed by atoms with E-state index in [2.05, 4.69) is 6.07 Å². The first kappa shape index (κ1) is 23.1. The fourth-order valence-corrected chi connectivity index (χ4v) is 3.87. The van der Waals surface area contributed by atoms with Crippen molar-refractivity contribution >= 4 is 17.6 Å². The lowest BCUT2D eigenvalue weighted by atomic mass is 9.96. The fraction of sp³-hybridized carbons (Fsp3) is 0.375. The first-order valence-corrected chi connectivity index (χ1v) is 10.2. The van der Waals surface area contributed by atoms with Gasteiger partial charge in [-0.15, -0.1) is 0 Å². The topological polar surface area (TPSA) is 109 Å². The Morgan fingerprint density at radius 2 is 1.97 bits per heavy atom. The van der Waals surface area contributed by atoms with Gasteiger partial charge < -0.3 is 24.2 Å². The minimum atomic E-state index is -1.22. The third-order valence-corrected chi connectivity index (χ3v) is 5.20. The number of carbonyl (C=O) groups is 2. The molecule has 0 unspecified atom stereocenters. The van der Waals surface area contributed by atoms with Gasteiger partial charge in [-0.05, 0) is 30.2 Å². The van der Waals surface area contributed by atoms with E-state index in [1.54, 1.807) is 41.3 Å². The molecule has 0 saturated carbocycles. The maximum atomic E-state index is 13.4. The number of fused-ring (bicyclic) bond motifs is 1. The highest BCUT2D eigenvalue weighted by atomic mass is 16.5. The molecule has 8 nitrogen and oxygen atoms in total. The number of carbonyl (C=O) groups excluding carboxylic acids is 1. The Hall–Kier alpha value is -3.57. The number of carboxylic acids is 1. The Morgan fingerprint density at radius 3 is 2.56 bits per heavy atom. The van der Waals surface area contributed by atoms with E-state index in [0.717, 1.165) is 0 Å². The number of amides is 1. The molecule has 0 aromatic heterocycles. The highest BCUT2D eigenvalue weighted by Crippen LogP contribution is 2.44. The molecule has 0 aliphatic carbocycles. The van der Waals surface area contributed by atoms with Gasteiger partial charge in [-0.25, -0.2) is 0 Å². The summed E-state index contributed by atoms with van der Waals surface area (Å²) in [4.78, 5) is 26.5. The lowest BCUT2D eigenvalue weighted by molar-refractivity contribution is -0.147. The Bertz CT molecular complexity index is 1060. The zero-order valence-electron chi connectivity index (χ0n) is 18.5. The van der Waals surface area contributed by atoms with Crippen molar-refractivity contribution < 1.29 is 28.9 Å². The van der Waals surface area contributed by atoms with Gasteiger partial charge in [0.05, 0.1) is 32.3 Å². The minimum absolute atomic E-state index is 0.121. The number of carboxylic acid groups (broad SMARTS) is 1. The lowest BCUT2D eigenvalue weighted by Crippen LogP contribution is -2.42. The van der Waals surface area contributed by atoms with Crippen LogP contribution in [0.4, 0.5) is 5.69 Å². The number of rotatable bonds is 7. The maximum absolute atomic E-state index is 13.4. The second-order valence-corrected chi connectivity index (χ2v) is 7.91. The molecular formula is C24H26N2O6. The first-order chi connectivity index (χ1) is 15.3. The minimum Gasteiger partial charge on any atom is -0.493 e. The van der Waals surface area contributed by atoms with E-state index in [4.69, 9.17) is 14.2 Å². The van der Waals surface area contributed by atoms with Crippen LogP contribution in [0.2, 0.25) is 0 Å². The Kier molecular flexibility index (Phi) is 7.01. The SMILES string of the molecule is COc1cccc([C@H]2O[C@H](CC(=O)O)C(=O)N(CC(C)C)c3ccc(C#N)cc32)c1OC. The third kappa shape index (κ3) is 4.53. The summed E-state index contributed by atoms with van der Waals surface area (Å²) in [5, 5.41) is 18.9. The average molecular weight is 438 g/mol. The second-order valence-electron chi connectivity index (χ2n) is 7.91. The van der Waals surface area contributed by atoms with Crippen LogP contribution in [0.25, 0.3) is 0 Å². The summed E-state index contributed by atoms with van der Waals surface area (Å²) < 4.78 is 17.2. The van der Waals surface area contributed by atoms with Crippen molar-refractivity contribution in [2.75, 3.05) is 25.7 Å². The van der Waals surface area contributed by atoms with Crippen molar-refractivity contribution in [2.24, 2.45) is 5.92 Å². The molecule has 3 rings (SSSR count). The van der Waals surface area contributed by atoms with Crippen LogP contribution in [0.5, 0.6) is 11.5 Å². The molecule has 32 heavy (non-hydrogen) atoms. The Balaban J connectivity index is 2.29. The van der Waals surface area contributed by atoms with Crippen LogP contribution in [0, 0.1) is 17.2 Å². The molecule has 1 N–H and O–H groups in total. The number of methoxy groups -OCH3 is 2. The summed E-state index contributed by atoms with van der Waals surface area (Å²) in [6.07, 6.45) is -2.56. The van der Waals surface area contributed by atoms with Gasteiger partial charge >= 0.3 is 5.97 Å². The third-order valence-electron chi connectivity index (χ3n) is 5.20. The lowest BCUT2D eigenvalue weighted by Gasteiger charge is -2.26. The van der Waals surface area contributed by atoms with Crippen LogP contribution in [-0.4, -0.2) is 43.9 Å². The zero-order chi connectivity index (χ0) is 23.4. The molecule has 1 amide bonds. The van der Waals surface area contributed by atoms with Gasteiger partial charge in [-0.1, -0.05) is 26.0 Å². The van der Waals surface area contributed by atoms with Crippen LogP contribution >= 0.6 is 0 Å². The van der Waals surface area contributed by atoms with Crippen molar-refractivity contribution in [1.29, 1.82) is 5.26 Å². The highest BCUT2D eigenvalue weighted by molar-refractivity contribution is 5.99. The van der Waals surface area contributed by atoms with Gasteiger partial charge in [0.1, 0.15) is 12.2 Å². The van der Waals surface area contributed by atoms with Crippen LogP contribution in [0.3, 0.4) is 0 Å². The molecule has 0 bridgehead atoms. The number of benzene rings is 2. The quantitative estimate of drug-likeness (QED) is 0.704. The van der Waals surface area contributed by atoms with E-state index in [0.29, 0.717) is 40.4 Å². The number of nitriles is 1. The zero-order valence-corrected chi connectivity index (χ0v) is 18.5. The average Bonchev–Trinajstić information content (AvgIpc) is 2.87. The van der Waals surface area contributed by atoms with Gasteiger partial charge in [0, 0.05) is 23.4 Å². The van der Waals surface area contributed by atoms with E-state index < -0.39 is 30.5 Å². The van der Waals surface area contributed by atoms with E-state index in [-0.39, 0.29) is 5.92 Å². The van der Waals surface area contributed by atoms with Crippen LogP contribution < -0.4 is 14.4 Å². The summed E-state index contributed by atoms with van der Waals surface area (Å²) in [5.41, 5.74) is 2.12. The van der Waals surface area contributed by atoms with Gasteiger partial charge in [-0.2, -0.15) is 5.26 Å².